The first-order valence-corrected chi connectivity index (χ1v) is 5.68. The van der Waals surface area contributed by atoms with Crippen molar-refractivity contribution in [2.45, 2.75) is 13.3 Å². The summed E-state index contributed by atoms with van der Waals surface area (Å²) in [4.78, 5) is 0. The average Bonchev–Trinajstić information content (AvgIpc) is 2.34. The highest BCUT2D eigenvalue weighted by molar-refractivity contribution is 5.69. The van der Waals surface area contributed by atoms with Crippen molar-refractivity contribution < 1.29 is 22.3 Å². The van der Waals surface area contributed by atoms with E-state index in [0.29, 0.717) is 0 Å². The van der Waals surface area contributed by atoms with E-state index < -0.39 is 17.9 Å². The zero-order valence-corrected chi connectivity index (χ0v) is 10.5. The van der Waals surface area contributed by atoms with Gasteiger partial charge in [0.1, 0.15) is 11.6 Å². The highest BCUT2D eigenvalue weighted by Gasteiger charge is 2.31. The smallest absolute Gasteiger partial charge is 0.406 e. The van der Waals surface area contributed by atoms with Gasteiger partial charge in [-0.05, 0) is 36.8 Å². The van der Waals surface area contributed by atoms with E-state index in [4.69, 9.17) is 5.73 Å². The van der Waals surface area contributed by atoms with E-state index in [2.05, 4.69) is 4.74 Å². The van der Waals surface area contributed by atoms with Crippen LogP contribution in [0.25, 0.3) is 11.1 Å². The van der Waals surface area contributed by atoms with Crippen molar-refractivity contribution in [3.8, 4) is 16.9 Å². The predicted octanol–water partition coefficient (Wildman–Crippen LogP) is 4.28. The number of alkyl halides is 3. The van der Waals surface area contributed by atoms with E-state index in [-0.39, 0.29) is 22.4 Å². The lowest BCUT2D eigenvalue weighted by Crippen LogP contribution is -2.17. The molecule has 0 saturated heterocycles. The molecule has 0 aliphatic rings. The van der Waals surface area contributed by atoms with Crippen molar-refractivity contribution in [1.29, 1.82) is 0 Å². The minimum absolute atomic E-state index is 0.171. The van der Waals surface area contributed by atoms with E-state index in [1.54, 1.807) is 0 Å². The van der Waals surface area contributed by atoms with Crippen LogP contribution in [0, 0.1) is 12.7 Å². The van der Waals surface area contributed by atoms with Crippen LogP contribution >= 0.6 is 0 Å². The van der Waals surface area contributed by atoms with Crippen molar-refractivity contribution >= 4 is 5.69 Å². The van der Waals surface area contributed by atoms with Crippen LogP contribution in [0.5, 0.6) is 5.75 Å². The molecule has 0 spiro atoms. The van der Waals surface area contributed by atoms with Gasteiger partial charge in [0, 0.05) is 16.8 Å². The number of rotatable bonds is 2. The number of nitrogen functional groups attached to an aromatic ring is 1. The highest BCUT2D eigenvalue weighted by Crippen LogP contribution is 2.31. The van der Waals surface area contributed by atoms with Crippen LogP contribution in [0.2, 0.25) is 0 Å². The van der Waals surface area contributed by atoms with Gasteiger partial charge in [-0.3, -0.25) is 0 Å². The van der Waals surface area contributed by atoms with Crippen molar-refractivity contribution in [3.63, 3.8) is 0 Å². The number of halogens is 4. The first-order chi connectivity index (χ1) is 9.28. The van der Waals surface area contributed by atoms with Crippen LogP contribution in [-0.4, -0.2) is 6.36 Å². The highest BCUT2D eigenvalue weighted by atomic mass is 19.4. The standard InChI is InChI=1S/C14H11F4NO/c1-8-12(19)6-5-11(13(8)15)9-3-2-4-10(7-9)20-14(16,17)18/h2-7H,19H2,1H3. The van der Waals surface area contributed by atoms with Crippen molar-refractivity contribution in [3.05, 3.63) is 47.8 Å². The molecule has 2 rings (SSSR count). The van der Waals surface area contributed by atoms with Gasteiger partial charge in [0.25, 0.3) is 0 Å². The van der Waals surface area contributed by atoms with Gasteiger partial charge in [-0.25, -0.2) is 4.39 Å². The molecule has 0 aliphatic heterocycles. The van der Waals surface area contributed by atoms with Gasteiger partial charge >= 0.3 is 6.36 Å². The number of hydrogen-bond donors (Lipinski definition) is 1. The minimum atomic E-state index is -4.78. The fraction of sp³-hybridized carbons (Fsp3) is 0.143. The fourth-order valence-corrected chi connectivity index (χ4v) is 1.78. The Morgan fingerprint density at radius 1 is 1.10 bits per heavy atom. The summed E-state index contributed by atoms with van der Waals surface area (Å²) < 4.78 is 54.4. The molecule has 0 saturated carbocycles. The van der Waals surface area contributed by atoms with Crippen LogP contribution in [0.4, 0.5) is 23.2 Å². The van der Waals surface area contributed by atoms with Gasteiger partial charge in [0.2, 0.25) is 0 Å². The predicted molar refractivity (Wildman–Crippen MR) is 67.7 cm³/mol. The largest absolute Gasteiger partial charge is 0.573 e. The van der Waals surface area contributed by atoms with Crippen LogP contribution in [0.3, 0.4) is 0 Å². The average molecular weight is 285 g/mol. The van der Waals surface area contributed by atoms with Gasteiger partial charge in [0.15, 0.2) is 0 Å². The summed E-state index contributed by atoms with van der Waals surface area (Å²) in [5.74, 6) is -0.960. The molecule has 6 heteroatoms. The molecular formula is C14H11F4NO. The Hall–Kier alpha value is -2.24. The Morgan fingerprint density at radius 2 is 1.80 bits per heavy atom. The van der Waals surface area contributed by atoms with E-state index in [1.807, 2.05) is 0 Å². The fourth-order valence-electron chi connectivity index (χ4n) is 1.78. The second kappa shape index (κ2) is 5.03. The second-order valence-corrected chi connectivity index (χ2v) is 4.22. The van der Waals surface area contributed by atoms with Gasteiger partial charge in [-0.2, -0.15) is 0 Å². The van der Waals surface area contributed by atoms with Crippen molar-refractivity contribution in [2.75, 3.05) is 5.73 Å². The first kappa shape index (κ1) is 14.2. The van der Waals surface area contributed by atoms with Gasteiger partial charge in [-0.1, -0.05) is 12.1 Å². The minimum Gasteiger partial charge on any atom is -0.406 e. The SMILES string of the molecule is Cc1c(N)ccc(-c2cccc(OC(F)(F)F)c2)c1F. The molecule has 2 N–H and O–H groups in total. The third kappa shape index (κ3) is 3.01. The third-order valence-corrected chi connectivity index (χ3v) is 2.81. The molecule has 2 nitrogen and oxygen atoms in total. The van der Waals surface area contributed by atoms with Crippen LogP contribution in [-0.2, 0) is 0 Å². The maximum Gasteiger partial charge on any atom is 0.573 e. The van der Waals surface area contributed by atoms with E-state index in [1.165, 1.54) is 31.2 Å². The van der Waals surface area contributed by atoms with Crippen LogP contribution in [0.1, 0.15) is 5.56 Å². The monoisotopic (exact) mass is 285 g/mol. The van der Waals surface area contributed by atoms with Crippen LogP contribution < -0.4 is 10.5 Å². The summed E-state index contributed by atoms with van der Waals surface area (Å²) in [6.07, 6.45) is -4.78. The number of hydrogen-bond acceptors (Lipinski definition) is 2. The molecule has 0 radical (unpaired) electrons. The summed E-state index contributed by atoms with van der Waals surface area (Å²) in [5, 5.41) is 0. The Labute approximate surface area is 112 Å². The summed E-state index contributed by atoms with van der Waals surface area (Å²) in [6.45, 7) is 1.50. The Bertz CT molecular complexity index is 638. The number of ether oxygens (including phenoxy) is 1. The number of nitrogens with two attached hydrogens (primary N) is 1. The zero-order valence-electron chi connectivity index (χ0n) is 10.5. The quantitative estimate of drug-likeness (QED) is 0.660. The topological polar surface area (TPSA) is 35.2 Å². The van der Waals surface area contributed by atoms with Crippen molar-refractivity contribution in [1.82, 2.24) is 0 Å². The summed E-state index contributed by atoms with van der Waals surface area (Å²) in [5.41, 5.74) is 6.56. The lowest BCUT2D eigenvalue weighted by atomic mass is 10.0. The second-order valence-electron chi connectivity index (χ2n) is 4.22. The molecule has 0 atom stereocenters. The van der Waals surface area contributed by atoms with E-state index >= 15 is 0 Å². The van der Waals surface area contributed by atoms with Gasteiger partial charge in [0.05, 0.1) is 0 Å². The van der Waals surface area contributed by atoms with Crippen molar-refractivity contribution in [2.24, 2.45) is 0 Å². The molecule has 0 aliphatic carbocycles. The maximum atomic E-state index is 14.1. The molecule has 0 bridgehead atoms. The molecule has 0 unspecified atom stereocenters. The normalized spacial score (nSPS) is 11.4. The third-order valence-electron chi connectivity index (χ3n) is 2.81. The molecule has 0 heterocycles. The molecule has 0 aromatic heterocycles. The Kier molecular flexibility index (Phi) is 3.57. The zero-order chi connectivity index (χ0) is 14.9. The summed E-state index contributed by atoms with van der Waals surface area (Å²) in [6, 6.07) is 8.06. The summed E-state index contributed by atoms with van der Waals surface area (Å²) in [7, 11) is 0. The molecule has 2 aromatic carbocycles. The summed E-state index contributed by atoms with van der Waals surface area (Å²) >= 11 is 0. The number of benzene rings is 2. The van der Waals surface area contributed by atoms with E-state index in [9.17, 15) is 17.6 Å². The van der Waals surface area contributed by atoms with E-state index in [0.717, 1.165) is 12.1 Å². The maximum absolute atomic E-state index is 14.1. The molecule has 0 amide bonds. The molecule has 106 valence electrons. The Morgan fingerprint density at radius 3 is 2.45 bits per heavy atom. The molecule has 0 fully saturated rings. The molecule has 20 heavy (non-hydrogen) atoms. The molecular weight excluding hydrogens is 274 g/mol. The van der Waals surface area contributed by atoms with Gasteiger partial charge in [-0.15, -0.1) is 13.2 Å². The van der Waals surface area contributed by atoms with Crippen LogP contribution in [0.15, 0.2) is 36.4 Å². The molecule has 2 aromatic rings. The van der Waals surface area contributed by atoms with Gasteiger partial charge < -0.3 is 10.5 Å². The Balaban J connectivity index is 2.44. The lowest BCUT2D eigenvalue weighted by Gasteiger charge is -2.12. The first-order valence-electron chi connectivity index (χ1n) is 5.68. The lowest BCUT2D eigenvalue weighted by molar-refractivity contribution is -0.274. The number of anilines is 1.